The molecule has 1 aromatic carbocycles. The van der Waals surface area contributed by atoms with Crippen molar-refractivity contribution in [1.82, 2.24) is 20.5 Å². The fraction of sp³-hybridized carbons (Fsp3) is 0.348. The van der Waals surface area contributed by atoms with E-state index in [9.17, 15) is 9.59 Å². The zero-order chi connectivity index (χ0) is 21.5. The first-order chi connectivity index (χ1) is 15.0. The highest BCUT2D eigenvalue weighted by molar-refractivity contribution is 6.31. The van der Waals surface area contributed by atoms with E-state index in [1.807, 2.05) is 29.2 Å². The maximum absolute atomic E-state index is 13.0. The van der Waals surface area contributed by atoms with Gasteiger partial charge in [-0.3, -0.25) is 14.6 Å². The number of pyridine rings is 1. The van der Waals surface area contributed by atoms with Crippen LogP contribution in [0.2, 0.25) is 5.02 Å². The van der Waals surface area contributed by atoms with Gasteiger partial charge in [0.15, 0.2) is 6.10 Å². The maximum atomic E-state index is 13.0. The number of fused-ring (bicyclic) bond motifs is 2. The zero-order valence-electron chi connectivity index (χ0n) is 17.2. The lowest BCUT2D eigenvalue weighted by Gasteiger charge is -2.29. The van der Waals surface area contributed by atoms with Gasteiger partial charge in [-0.05, 0) is 29.8 Å². The Balaban J connectivity index is 1.51. The van der Waals surface area contributed by atoms with Crippen LogP contribution in [0.3, 0.4) is 0 Å². The zero-order valence-corrected chi connectivity index (χ0v) is 18.0. The molecule has 1 aromatic heterocycles. The van der Waals surface area contributed by atoms with Crippen molar-refractivity contribution in [2.24, 2.45) is 0 Å². The van der Waals surface area contributed by atoms with Crippen LogP contribution in [0.4, 0.5) is 0 Å². The average molecular weight is 439 g/mol. The SMILES string of the molecule is CNC(=O)C1=Cc2c(-c3cc(Cl)cc4c3OC(C(=O)N3CCNCC3)C4)ccnc2C1. The van der Waals surface area contributed by atoms with Gasteiger partial charge in [0.2, 0.25) is 5.91 Å². The molecule has 31 heavy (non-hydrogen) atoms. The van der Waals surface area contributed by atoms with Gasteiger partial charge in [-0.25, -0.2) is 0 Å². The van der Waals surface area contributed by atoms with E-state index >= 15 is 0 Å². The molecule has 3 aliphatic rings. The predicted octanol–water partition coefficient (Wildman–Crippen LogP) is 1.82. The molecule has 160 valence electrons. The molecule has 3 heterocycles. The largest absolute Gasteiger partial charge is 0.479 e. The van der Waals surface area contributed by atoms with Crippen molar-refractivity contribution in [2.75, 3.05) is 33.2 Å². The second-order valence-corrected chi connectivity index (χ2v) is 8.41. The van der Waals surface area contributed by atoms with Crippen molar-refractivity contribution in [3.63, 3.8) is 0 Å². The van der Waals surface area contributed by atoms with Crippen molar-refractivity contribution in [3.05, 3.63) is 51.8 Å². The summed E-state index contributed by atoms with van der Waals surface area (Å²) >= 11 is 6.45. The lowest BCUT2D eigenvalue weighted by Crippen LogP contribution is -2.50. The average Bonchev–Trinajstić information content (AvgIpc) is 3.42. The summed E-state index contributed by atoms with van der Waals surface area (Å²) in [5.41, 5.74) is 5.06. The number of hydrogen-bond donors (Lipinski definition) is 2. The van der Waals surface area contributed by atoms with Gasteiger partial charge >= 0.3 is 0 Å². The number of benzene rings is 1. The van der Waals surface area contributed by atoms with Crippen molar-refractivity contribution >= 4 is 29.5 Å². The third-order valence-electron chi connectivity index (χ3n) is 6.06. The molecule has 1 unspecified atom stereocenters. The number of likely N-dealkylation sites (N-methyl/N-ethyl adjacent to an activating group) is 1. The molecule has 2 aromatic rings. The molecule has 1 aliphatic carbocycles. The summed E-state index contributed by atoms with van der Waals surface area (Å²) in [7, 11) is 1.62. The Labute approximate surface area is 185 Å². The van der Waals surface area contributed by atoms with E-state index in [-0.39, 0.29) is 11.8 Å². The molecule has 5 rings (SSSR count). The monoisotopic (exact) mass is 438 g/mol. The molecular formula is C23H23ClN4O3. The molecule has 2 aliphatic heterocycles. The lowest BCUT2D eigenvalue weighted by atomic mass is 9.97. The highest BCUT2D eigenvalue weighted by Gasteiger charge is 2.35. The number of aromatic nitrogens is 1. The number of rotatable bonds is 3. The van der Waals surface area contributed by atoms with Crippen molar-refractivity contribution in [2.45, 2.75) is 18.9 Å². The summed E-state index contributed by atoms with van der Waals surface area (Å²) in [6, 6.07) is 5.64. The van der Waals surface area contributed by atoms with Gasteiger partial charge in [-0.15, -0.1) is 0 Å². The predicted molar refractivity (Wildman–Crippen MR) is 118 cm³/mol. The van der Waals surface area contributed by atoms with Crippen molar-refractivity contribution in [1.29, 1.82) is 0 Å². The Bertz CT molecular complexity index is 1110. The molecule has 8 heteroatoms. The molecule has 0 bridgehead atoms. The van der Waals surface area contributed by atoms with Crippen LogP contribution in [0, 0.1) is 0 Å². The number of carbonyl (C=O) groups excluding carboxylic acids is 2. The van der Waals surface area contributed by atoms with E-state index in [1.54, 1.807) is 13.2 Å². The molecule has 1 saturated heterocycles. The minimum Gasteiger partial charge on any atom is -0.479 e. The van der Waals surface area contributed by atoms with Crippen LogP contribution in [-0.2, 0) is 22.4 Å². The van der Waals surface area contributed by atoms with E-state index < -0.39 is 6.10 Å². The first-order valence-electron chi connectivity index (χ1n) is 10.4. The molecule has 2 N–H and O–H groups in total. The standard InChI is InChI=1S/C23H23ClN4O3/c1-25-22(29)14-9-17-16(2-3-27-19(17)10-14)18-12-15(24)8-13-11-20(31-21(13)18)23(30)28-6-4-26-5-7-28/h2-3,8-9,12,20,26H,4-7,10-11H2,1H3,(H,25,29). The molecule has 0 spiro atoms. The smallest absolute Gasteiger partial charge is 0.264 e. The van der Waals surface area contributed by atoms with E-state index in [0.29, 0.717) is 42.3 Å². The van der Waals surface area contributed by atoms with Gasteiger partial charge in [-0.2, -0.15) is 0 Å². The second kappa shape index (κ2) is 7.98. The number of nitrogens with zero attached hydrogens (tertiary/aromatic N) is 2. The third kappa shape index (κ3) is 3.58. The number of carbonyl (C=O) groups is 2. The number of ether oxygens (including phenoxy) is 1. The summed E-state index contributed by atoms with van der Waals surface area (Å²) in [5.74, 6) is 0.591. The summed E-state index contributed by atoms with van der Waals surface area (Å²) < 4.78 is 6.23. The van der Waals surface area contributed by atoms with Gasteiger partial charge in [0.05, 0.1) is 5.69 Å². The molecule has 1 atom stereocenters. The number of amides is 2. The number of nitrogens with one attached hydrogen (secondary N) is 2. The Kier molecular flexibility index (Phi) is 5.16. The molecule has 7 nitrogen and oxygen atoms in total. The molecule has 1 fully saturated rings. The van der Waals surface area contributed by atoms with E-state index in [1.165, 1.54) is 0 Å². The quantitative estimate of drug-likeness (QED) is 0.763. The second-order valence-electron chi connectivity index (χ2n) is 7.97. The highest BCUT2D eigenvalue weighted by atomic mass is 35.5. The van der Waals surface area contributed by atoms with Crippen molar-refractivity contribution < 1.29 is 14.3 Å². The molecule has 0 saturated carbocycles. The van der Waals surface area contributed by atoms with E-state index in [4.69, 9.17) is 16.3 Å². The Morgan fingerprint density at radius 2 is 2.06 bits per heavy atom. The van der Waals surface area contributed by atoms with Crippen LogP contribution in [0.15, 0.2) is 30.0 Å². The minimum atomic E-state index is -0.544. The Hall–Kier alpha value is -2.90. The van der Waals surface area contributed by atoms with Crippen LogP contribution in [0.5, 0.6) is 5.75 Å². The van der Waals surface area contributed by atoms with Gasteiger partial charge in [0.1, 0.15) is 5.75 Å². The van der Waals surface area contributed by atoms with Crippen LogP contribution in [0.1, 0.15) is 16.8 Å². The summed E-state index contributed by atoms with van der Waals surface area (Å²) in [6.07, 6.45) is 4.05. The van der Waals surface area contributed by atoms with Gasteiger partial charge in [0, 0.05) is 79.6 Å². The van der Waals surface area contributed by atoms with Crippen LogP contribution < -0.4 is 15.4 Å². The maximum Gasteiger partial charge on any atom is 0.264 e. The highest BCUT2D eigenvalue weighted by Crippen LogP contribution is 2.44. The summed E-state index contributed by atoms with van der Waals surface area (Å²) in [5, 5.41) is 6.53. The first kappa shape index (κ1) is 20.0. The topological polar surface area (TPSA) is 83.6 Å². The number of halogens is 1. The molecular weight excluding hydrogens is 416 g/mol. The summed E-state index contributed by atoms with van der Waals surface area (Å²) in [6.45, 7) is 2.97. The van der Waals surface area contributed by atoms with Crippen molar-refractivity contribution in [3.8, 4) is 16.9 Å². The minimum absolute atomic E-state index is 0.0153. The first-order valence-corrected chi connectivity index (χ1v) is 10.8. The van der Waals surface area contributed by atoms with E-state index in [0.717, 1.165) is 41.0 Å². The molecule has 0 radical (unpaired) electrons. The van der Waals surface area contributed by atoms with Gasteiger partial charge in [0.25, 0.3) is 5.91 Å². The number of hydrogen-bond acceptors (Lipinski definition) is 5. The Morgan fingerprint density at radius 1 is 1.26 bits per heavy atom. The fourth-order valence-corrected chi connectivity index (χ4v) is 4.76. The lowest BCUT2D eigenvalue weighted by molar-refractivity contribution is -0.138. The van der Waals surface area contributed by atoms with E-state index in [2.05, 4.69) is 15.6 Å². The van der Waals surface area contributed by atoms with Gasteiger partial charge in [-0.1, -0.05) is 11.6 Å². The fourth-order valence-electron chi connectivity index (χ4n) is 4.52. The van der Waals surface area contributed by atoms with Crippen LogP contribution in [-0.4, -0.2) is 61.0 Å². The van der Waals surface area contributed by atoms with Gasteiger partial charge < -0.3 is 20.3 Å². The number of piperazine rings is 1. The van der Waals surface area contributed by atoms with Crippen LogP contribution >= 0.6 is 11.6 Å². The normalized spacial score (nSPS) is 19.4. The summed E-state index contributed by atoms with van der Waals surface area (Å²) in [4.78, 5) is 31.5. The molecule has 2 amide bonds. The van der Waals surface area contributed by atoms with Crippen LogP contribution in [0.25, 0.3) is 17.2 Å². The Morgan fingerprint density at radius 3 is 2.84 bits per heavy atom. The third-order valence-corrected chi connectivity index (χ3v) is 6.28.